The summed E-state index contributed by atoms with van der Waals surface area (Å²) in [7, 11) is 0. The Kier molecular flexibility index (Phi) is 4.73. The van der Waals surface area contributed by atoms with Crippen LogP contribution in [0.5, 0.6) is 0 Å². The molecule has 1 rings (SSSR count). The van der Waals surface area contributed by atoms with Crippen LogP contribution in [0.15, 0.2) is 0 Å². The molecule has 0 aromatic carbocycles. The molecule has 0 radical (unpaired) electrons. The second-order valence-corrected chi connectivity index (χ2v) is 4.63. The molecular formula is C11H19NO4. The predicted molar refractivity (Wildman–Crippen MR) is 58.0 cm³/mol. The number of carboxylic acid groups (broad SMARTS) is 1. The SMILES string of the molecule is C[C@H]1C[C@H](C)CN(C(=O)COCC(=O)O)C1. The highest BCUT2D eigenvalue weighted by Crippen LogP contribution is 2.20. The molecule has 5 heteroatoms. The van der Waals surface area contributed by atoms with Crippen LogP contribution >= 0.6 is 0 Å². The Hall–Kier alpha value is -1.10. The third-order valence-corrected chi connectivity index (χ3v) is 2.67. The largest absolute Gasteiger partial charge is 0.480 e. The summed E-state index contributed by atoms with van der Waals surface area (Å²) in [6, 6.07) is 0. The minimum absolute atomic E-state index is 0.111. The van der Waals surface area contributed by atoms with Gasteiger partial charge in [0.05, 0.1) is 0 Å². The Morgan fingerprint density at radius 1 is 1.25 bits per heavy atom. The van der Waals surface area contributed by atoms with Crippen molar-refractivity contribution in [2.75, 3.05) is 26.3 Å². The van der Waals surface area contributed by atoms with Gasteiger partial charge in [0, 0.05) is 13.1 Å². The fraction of sp³-hybridized carbons (Fsp3) is 0.818. The van der Waals surface area contributed by atoms with Crippen LogP contribution in [0.3, 0.4) is 0 Å². The molecule has 0 aromatic rings. The molecular weight excluding hydrogens is 210 g/mol. The summed E-state index contributed by atoms with van der Waals surface area (Å²) < 4.78 is 4.79. The van der Waals surface area contributed by atoms with E-state index < -0.39 is 12.6 Å². The van der Waals surface area contributed by atoms with Crippen molar-refractivity contribution in [3.05, 3.63) is 0 Å². The maximum atomic E-state index is 11.7. The van der Waals surface area contributed by atoms with E-state index in [0.29, 0.717) is 11.8 Å². The first-order valence-electron chi connectivity index (χ1n) is 5.56. The molecule has 16 heavy (non-hydrogen) atoms. The number of rotatable bonds is 4. The molecule has 1 N–H and O–H groups in total. The zero-order chi connectivity index (χ0) is 12.1. The van der Waals surface area contributed by atoms with Gasteiger partial charge in [-0.25, -0.2) is 4.79 Å². The molecule has 2 atom stereocenters. The minimum Gasteiger partial charge on any atom is -0.480 e. The number of likely N-dealkylation sites (tertiary alicyclic amines) is 1. The number of carbonyl (C=O) groups is 2. The zero-order valence-electron chi connectivity index (χ0n) is 9.81. The first kappa shape index (κ1) is 13.0. The number of piperidine rings is 1. The molecule has 1 aliphatic rings. The molecule has 0 unspecified atom stereocenters. The van der Waals surface area contributed by atoms with E-state index in [1.165, 1.54) is 0 Å². The number of carboxylic acids is 1. The average molecular weight is 229 g/mol. The quantitative estimate of drug-likeness (QED) is 0.766. The van der Waals surface area contributed by atoms with Crippen LogP contribution in [0.1, 0.15) is 20.3 Å². The van der Waals surface area contributed by atoms with E-state index in [2.05, 4.69) is 13.8 Å². The van der Waals surface area contributed by atoms with Crippen molar-refractivity contribution >= 4 is 11.9 Å². The van der Waals surface area contributed by atoms with E-state index in [9.17, 15) is 9.59 Å². The van der Waals surface area contributed by atoms with Gasteiger partial charge in [0.25, 0.3) is 0 Å². The number of amides is 1. The lowest BCUT2D eigenvalue weighted by molar-refractivity contribution is -0.146. The summed E-state index contributed by atoms with van der Waals surface area (Å²) in [5.41, 5.74) is 0. The third kappa shape index (κ3) is 4.18. The van der Waals surface area contributed by atoms with Crippen molar-refractivity contribution in [1.82, 2.24) is 4.90 Å². The van der Waals surface area contributed by atoms with Crippen molar-refractivity contribution in [2.24, 2.45) is 11.8 Å². The molecule has 0 spiro atoms. The lowest BCUT2D eigenvalue weighted by Crippen LogP contribution is -2.44. The fourth-order valence-corrected chi connectivity index (χ4v) is 2.18. The number of nitrogens with zero attached hydrogens (tertiary/aromatic N) is 1. The Balaban J connectivity index is 2.32. The molecule has 1 heterocycles. The van der Waals surface area contributed by atoms with Crippen LogP contribution in [-0.4, -0.2) is 48.2 Å². The Morgan fingerprint density at radius 2 is 1.81 bits per heavy atom. The van der Waals surface area contributed by atoms with Crippen molar-refractivity contribution in [3.8, 4) is 0 Å². The van der Waals surface area contributed by atoms with Crippen LogP contribution in [0.2, 0.25) is 0 Å². The molecule has 1 saturated heterocycles. The summed E-state index contributed by atoms with van der Waals surface area (Å²) in [5.74, 6) is -0.146. The van der Waals surface area contributed by atoms with Gasteiger partial charge in [-0.3, -0.25) is 4.79 Å². The van der Waals surface area contributed by atoms with Gasteiger partial charge in [-0.05, 0) is 18.3 Å². The monoisotopic (exact) mass is 229 g/mol. The van der Waals surface area contributed by atoms with Crippen molar-refractivity contribution in [3.63, 3.8) is 0 Å². The van der Waals surface area contributed by atoms with Gasteiger partial charge in [-0.15, -0.1) is 0 Å². The van der Waals surface area contributed by atoms with Crippen molar-refractivity contribution < 1.29 is 19.4 Å². The number of carbonyl (C=O) groups excluding carboxylic acids is 1. The van der Waals surface area contributed by atoms with E-state index >= 15 is 0 Å². The van der Waals surface area contributed by atoms with Crippen LogP contribution in [-0.2, 0) is 14.3 Å². The second kappa shape index (κ2) is 5.84. The molecule has 92 valence electrons. The molecule has 5 nitrogen and oxygen atoms in total. The summed E-state index contributed by atoms with van der Waals surface area (Å²) >= 11 is 0. The number of aliphatic carboxylic acids is 1. The van der Waals surface area contributed by atoms with Crippen LogP contribution < -0.4 is 0 Å². The highest BCUT2D eigenvalue weighted by Gasteiger charge is 2.25. The third-order valence-electron chi connectivity index (χ3n) is 2.67. The molecule has 0 saturated carbocycles. The fourth-order valence-electron chi connectivity index (χ4n) is 2.18. The normalized spacial score (nSPS) is 25.5. The highest BCUT2D eigenvalue weighted by molar-refractivity contribution is 5.78. The van der Waals surface area contributed by atoms with E-state index in [-0.39, 0.29) is 12.5 Å². The van der Waals surface area contributed by atoms with Crippen LogP contribution in [0, 0.1) is 11.8 Å². The lowest BCUT2D eigenvalue weighted by atomic mass is 9.92. The van der Waals surface area contributed by atoms with E-state index in [1.54, 1.807) is 4.90 Å². The zero-order valence-corrected chi connectivity index (χ0v) is 9.81. The molecule has 1 amide bonds. The van der Waals surface area contributed by atoms with Gasteiger partial charge in [-0.1, -0.05) is 13.8 Å². The van der Waals surface area contributed by atoms with Gasteiger partial charge in [-0.2, -0.15) is 0 Å². The summed E-state index contributed by atoms with van der Waals surface area (Å²) in [6.07, 6.45) is 1.14. The highest BCUT2D eigenvalue weighted by atomic mass is 16.5. The van der Waals surface area contributed by atoms with Gasteiger partial charge in [0.2, 0.25) is 5.91 Å². The topological polar surface area (TPSA) is 66.8 Å². The van der Waals surface area contributed by atoms with E-state index in [1.807, 2.05) is 0 Å². The van der Waals surface area contributed by atoms with Crippen molar-refractivity contribution in [2.45, 2.75) is 20.3 Å². The maximum Gasteiger partial charge on any atom is 0.329 e. The van der Waals surface area contributed by atoms with E-state index in [0.717, 1.165) is 19.5 Å². The second-order valence-electron chi connectivity index (χ2n) is 4.63. The van der Waals surface area contributed by atoms with E-state index in [4.69, 9.17) is 9.84 Å². The van der Waals surface area contributed by atoms with Gasteiger partial charge >= 0.3 is 5.97 Å². The Morgan fingerprint density at radius 3 is 2.31 bits per heavy atom. The number of hydrogen-bond donors (Lipinski definition) is 1. The predicted octanol–water partition coefficient (Wildman–Crippen LogP) is 0.592. The first-order chi connectivity index (χ1) is 7.49. The average Bonchev–Trinajstić information content (AvgIpc) is 2.15. The van der Waals surface area contributed by atoms with Crippen LogP contribution in [0.4, 0.5) is 0 Å². The molecule has 0 aromatic heterocycles. The summed E-state index contributed by atoms with van der Waals surface area (Å²) in [4.78, 5) is 23.7. The Labute approximate surface area is 95.4 Å². The smallest absolute Gasteiger partial charge is 0.329 e. The van der Waals surface area contributed by atoms with Gasteiger partial charge in [0.1, 0.15) is 13.2 Å². The van der Waals surface area contributed by atoms with Gasteiger partial charge < -0.3 is 14.7 Å². The first-order valence-corrected chi connectivity index (χ1v) is 5.56. The van der Waals surface area contributed by atoms with Gasteiger partial charge in [0.15, 0.2) is 0 Å². The summed E-state index contributed by atoms with van der Waals surface area (Å²) in [6.45, 7) is 5.19. The molecule has 0 aliphatic carbocycles. The molecule has 1 aliphatic heterocycles. The standard InChI is InChI=1S/C11H19NO4/c1-8-3-9(2)5-12(4-8)10(13)6-16-7-11(14)15/h8-9H,3-7H2,1-2H3,(H,14,15)/t8-,9-/m0/s1. The minimum atomic E-state index is -1.05. The molecule has 0 bridgehead atoms. The van der Waals surface area contributed by atoms with Crippen molar-refractivity contribution in [1.29, 1.82) is 0 Å². The lowest BCUT2D eigenvalue weighted by Gasteiger charge is -2.34. The number of ether oxygens (including phenoxy) is 1. The summed E-state index contributed by atoms with van der Waals surface area (Å²) in [5, 5.41) is 8.37. The Bertz CT molecular complexity index is 257. The van der Waals surface area contributed by atoms with Crippen LogP contribution in [0.25, 0.3) is 0 Å². The maximum absolute atomic E-state index is 11.7. The molecule has 1 fully saturated rings. The number of hydrogen-bond acceptors (Lipinski definition) is 3.